The van der Waals surface area contributed by atoms with Crippen LogP contribution < -0.4 is 0 Å². The molecule has 0 N–H and O–H groups in total. The molecule has 0 aliphatic heterocycles. The van der Waals surface area contributed by atoms with Crippen molar-refractivity contribution in [2.75, 3.05) is 7.05 Å². The number of carbonyl (C=O) groups excluding carboxylic acids is 1. The number of carbonyl (C=O) groups is 1. The molecule has 2 aromatic rings. The maximum atomic E-state index is 13.0. The Bertz CT molecular complexity index is 628. The van der Waals surface area contributed by atoms with Crippen LogP contribution in [-0.2, 0) is 6.54 Å². The van der Waals surface area contributed by atoms with Crippen LogP contribution in [0.4, 0.5) is 8.78 Å². The van der Waals surface area contributed by atoms with Gasteiger partial charge in [0.15, 0.2) is 0 Å². The molecule has 0 spiro atoms. The summed E-state index contributed by atoms with van der Waals surface area (Å²) in [6.07, 6.45) is 0. The zero-order valence-electron chi connectivity index (χ0n) is 10.7. The lowest BCUT2D eigenvalue weighted by atomic mass is 10.1. The molecule has 104 valence electrons. The molecule has 20 heavy (non-hydrogen) atoms. The largest absolute Gasteiger partial charge is 0.337 e. The van der Waals surface area contributed by atoms with Crippen LogP contribution in [0.3, 0.4) is 0 Å². The lowest BCUT2D eigenvalue weighted by molar-refractivity contribution is 0.0784. The zero-order chi connectivity index (χ0) is 14.7. The van der Waals surface area contributed by atoms with Gasteiger partial charge in [0.1, 0.15) is 11.6 Å². The summed E-state index contributed by atoms with van der Waals surface area (Å²) in [6.45, 7) is 0.368. The number of halogens is 3. The summed E-state index contributed by atoms with van der Waals surface area (Å²) < 4.78 is 26.4. The highest BCUT2D eigenvalue weighted by atomic mass is 127. The quantitative estimate of drug-likeness (QED) is 0.733. The average molecular weight is 387 g/mol. The van der Waals surface area contributed by atoms with E-state index < -0.39 is 0 Å². The molecular weight excluding hydrogens is 375 g/mol. The molecule has 2 nitrogen and oxygen atoms in total. The lowest BCUT2D eigenvalue weighted by Gasteiger charge is -2.18. The van der Waals surface area contributed by atoms with E-state index >= 15 is 0 Å². The van der Waals surface area contributed by atoms with Gasteiger partial charge in [-0.3, -0.25) is 4.79 Å². The molecule has 0 fully saturated rings. The van der Waals surface area contributed by atoms with Crippen LogP contribution in [0, 0.1) is 15.2 Å². The predicted octanol–water partition coefficient (Wildman–Crippen LogP) is 3.84. The molecule has 0 aliphatic carbocycles. The van der Waals surface area contributed by atoms with E-state index in [4.69, 9.17) is 0 Å². The summed E-state index contributed by atoms with van der Waals surface area (Å²) in [5, 5.41) is 0. The van der Waals surface area contributed by atoms with Crippen molar-refractivity contribution in [1.82, 2.24) is 4.90 Å². The molecule has 0 bridgehead atoms. The highest BCUT2D eigenvalue weighted by molar-refractivity contribution is 14.1. The van der Waals surface area contributed by atoms with Crippen molar-refractivity contribution in [1.29, 1.82) is 0 Å². The molecule has 0 saturated carbocycles. The van der Waals surface area contributed by atoms with E-state index in [-0.39, 0.29) is 17.5 Å². The van der Waals surface area contributed by atoms with Gasteiger partial charge in [0.05, 0.1) is 5.56 Å². The van der Waals surface area contributed by atoms with Crippen LogP contribution in [0.1, 0.15) is 15.9 Å². The first-order valence-corrected chi connectivity index (χ1v) is 7.00. The SMILES string of the molecule is CN(Cc1ccc(F)cc1)C(=O)c1ccc(F)cc1I. The Kier molecular flexibility index (Phi) is 4.69. The average Bonchev–Trinajstić information content (AvgIpc) is 2.40. The van der Waals surface area contributed by atoms with Gasteiger partial charge < -0.3 is 4.90 Å². The minimum Gasteiger partial charge on any atom is -0.337 e. The van der Waals surface area contributed by atoms with Crippen molar-refractivity contribution in [2.45, 2.75) is 6.54 Å². The summed E-state index contributed by atoms with van der Waals surface area (Å²) in [6, 6.07) is 10.0. The molecule has 0 heterocycles. The third-order valence-corrected chi connectivity index (χ3v) is 3.73. The fourth-order valence-electron chi connectivity index (χ4n) is 1.80. The minimum absolute atomic E-state index is 0.196. The van der Waals surface area contributed by atoms with Gasteiger partial charge in [-0.2, -0.15) is 0 Å². The molecule has 2 aromatic carbocycles. The molecule has 0 radical (unpaired) electrons. The molecule has 5 heteroatoms. The van der Waals surface area contributed by atoms with Crippen LogP contribution in [0.25, 0.3) is 0 Å². The van der Waals surface area contributed by atoms with Gasteiger partial charge in [-0.05, 0) is 58.5 Å². The normalized spacial score (nSPS) is 10.4. The minimum atomic E-state index is -0.368. The summed E-state index contributed by atoms with van der Waals surface area (Å²) in [5.74, 6) is -0.873. The third-order valence-electron chi connectivity index (χ3n) is 2.84. The highest BCUT2D eigenvalue weighted by Crippen LogP contribution is 2.17. The number of nitrogens with zero attached hydrogens (tertiary/aromatic N) is 1. The molecule has 2 rings (SSSR count). The Morgan fingerprint density at radius 2 is 1.70 bits per heavy atom. The van der Waals surface area contributed by atoms with Crippen molar-refractivity contribution in [2.24, 2.45) is 0 Å². The van der Waals surface area contributed by atoms with Gasteiger partial charge in [-0.1, -0.05) is 12.1 Å². The Balaban J connectivity index is 2.14. The molecule has 0 saturated heterocycles. The summed E-state index contributed by atoms with van der Waals surface area (Å²) >= 11 is 1.93. The Morgan fingerprint density at radius 3 is 2.30 bits per heavy atom. The van der Waals surface area contributed by atoms with Crippen molar-refractivity contribution >= 4 is 28.5 Å². The van der Waals surface area contributed by atoms with Crippen LogP contribution in [-0.4, -0.2) is 17.9 Å². The Hall–Kier alpha value is -1.50. The summed E-state index contributed by atoms with van der Waals surface area (Å²) in [7, 11) is 1.66. The van der Waals surface area contributed by atoms with Gasteiger partial charge in [0, 0.05) is 17.2 Å². The van der Waals surface area contributed by atoms with Crippen molar-refractivity contribution in [3.63, 3.8) is 0 Å². The number of hydrogen-bond donors (Lipinski definition) is 0. The Morgan fingerprint density at radius 1 is 1.10 bits per heavy atom. The van der Waals surface area contributed by atoms with E-state index in [0.29, 0.717) is 15.7 Å². The van der Waals surface area contributed by atoms with E-state index in [1.54, 1.807) is 19.2 Å². The van der Waals surface area contributed by atoms with E-state index in [9.17, 15) is 13.6 Å². The fourth-order valence-corrected chi connectivity index (χ4v) is 2.51. The monoisotopic (exact) mass is 387 g/mol. The summed E-state index contributed by atoms with van der Waals surface area (Å²) in [5.41, 5.74) is 1.29. The first-order valence-electron chi connectivity index (χ1n) is 5.92. The smallest absolute Gasteiger partial charge is 0.254 e. The maximum Gasteiger partial charge on any atom is 0.254 e. The van der Waals surface area contributed by atoms with Gasteiger partial charge in [-0.15, -0.1) is 0 Å². The Labute approximate surface area is 129 Å². The maximum absolute atomic E-state index is 13.0. The second-order valence-electron chi connectivity index (χ2n) is 4.41. The number of amides is 1. The van der Waals surface area contributed by atoms with E-state index in [1.807, 2.05) is 22.6 Å². The zero-order valence-corrected chi connectivity index (χ0v) is 12.9. The first kappa shape index (κ1) is 14.9. The second-order valence-corrected chi connectivity index (χ2v) is 5.57. The number of rotatable bonds is 3. The molecule has 0 atom stereocenters. The molecular formula is C15H12F2INO. The first-order chi connectivity index (χ1) is 9.47. The standard InChI is InChI=1S/C15H12F2INO/c1-19(9-10-2-4-11(16)5-3-10)15(20)13-7-6-12(17)8-14(13)18/h2-8H,9H2,1H3. The van der Waals surface area contributed by atoms with E-state index in [2.05, 4.69) is 0 Å². The third kappa shape index (κ3) is 3.53. The van der Waals surface area contributed by atoms with Crippen LogP contribution in [0.5, 0.6) is 0 Å². The number of hydrogen-bond acceptors (Lipinski definition) is 1. The van der Waals surface area contributed by atoms with Crippen LogP contribution in [0.15, 0.2) is 42.5 Å². The lowest BCUT2D eigenvalue weighted by Crippen LogP contribution is -2.26. The van der Waals surface area contributed by atoms with Crippen LogP contribution in [0.2, 0.25) is 0 Å². The van der Waals surface area contributed by atoms with Crippen molar-refractivity contribution < 1.29 is 13.6 Å². The van der Waals surface area contributed by atoms with Crippen molar-refractivity contribution in [3.8, 4) is 0 Å². The van der Waals surface area contributed by atoms with Crippen molar-refractivity contribution in [3.05, 3.63) is 68.8 Å². The topological polar surface area (TPSA) is 20.3 Å². The van der Waals surface area contributed by atoms with Gasteiger partial charge in [-0.25, -0.2) is 8.78 Å². The van der Waals surface area contributed by atoms with E-state index in [1.165, 1.54) is 35.2 Å². The van der Waals surface area contributed by atoms with E-state index in [0.717, 1.165) is 5.56 Å². The molecule has 1 amide bonds. The molecule has 0 unspecified atom stereocenters. The predicted molar refractivity (Wildman–Crippen MR) is 81.3 cm³/mol. The fraction of sp³-hybridized carbons (Fsp3) is 0.133. The van der Waals surface area contributed by atoms with Gasteiger partial charge in [0.2, 0.25) is 0 Å². The molecule has 0 aromatic heterocycles. The summed E-state index contributed by atoms with van der Waals surface area (Å²) in [4.78, 5) is 13.8. The second kappa shape index (κ2) is 6.30. The van der Waals surface area contributed by atoms with Crippen LogP contribution >= 0.6 is 22.6 Å². The highest BCUT2D eigenvalue weighted by Gasteiger charge is 2.15. The van der Waals surface area contributed by atoms with Gasteiger partial charge >= 0.3 is 0 Å². The van der Waals surface area contributed by atoms with Gasteiger partial charge in [0.25, 0.3) is 5.91 Å². The number of benzene rings is 2. The molecule has 0 aliphatic rings.